The molecule has 0 fully saturated rings. The van der Waals surface area contributed by atoms with Gasteiger partial charge in [-0.25, -0.2) is 0 Å². The predicted octanol–water partition coefficient (Wildman–Crippen LogP) is 1.71. The Bertz CT molecular complexity index is 176. The number of halogens is 1. The van der Waals surface area contributed by atoms with Crippen LogP contribution in [0, 0.1) is 17.2 Å². The largest absolute Gasteiger partial charge is 0.466 e. The van der Waals surface area contributed by atoms with Gasteiger partial charge in [0.25, 0.3) is 0 Å². The summed E-state index contributed by atoms with van der Waals surface area (Å²) in [6.07, 6.45) is 0.549. The first kappa shape index (κ1) is 11.2. The van der Waals surface area contributed by atoms with Gasteiger partial charge in [0, 0.05) is 12.3 Å². The first-order valence-electron chi connectivity index (χ1n) is 3.83. The maximum Gasteiger partial charge on any atom is 0.306 e. The van der Waals surface area contributed by atoms with E-state index in [9.17, 15) is 4.79 Å². The molecule has 0 heterocycles. The molecular formula is C8H12ClNO2. The lowest BCUT2D eigenvalue weighted by atomic mass is 10.1. The van der Waals surface area contributed by atoms with Crippen LogP contribution in [0.5, 0.6) is 0 Å². The van der Waals surface area contributed by atoms with E-state index in [4.69, 9.17) is 21.6 Å². The van der Waals surface area contributed by atoms with E-state index in [0.717, 1.165) is 0 Å². The molecule has 1 atom stereocenters. The van der Waals surface area contributed by atoms with Crippen LogP contribution in [0.1, 0.15) is 19.8 Å². The third-order valence-electron chi connectivity index (χ3n) is 1.36. The van der Waals surface area contributed by atoms with E-state index in [-0.39, 0.29) is 18.3 Å². The van der Waals surface area contributed by atoms with Crippen molar-refractivity contribution in [2.75, 3.05) is 12.5 Å². The highest BCUT2D eigenvalue weighted by molar-refractivity contribution is 6.18. The minimum absolute atomic E-state index is 0.0734. The van der Waals surface area contributed by atoms with Gasteiger partial charge in [0.05, 0.1) is 19.1 Å². The third-order valence-corrected chi connectivity index (χ3v) is 1.80. The normalized spacial score (nSPS) is 11.8. The zero-order chi connectivity index (χ0) is 9.40. The van der Waals surface area contributed by atoms with Crippen molar-refractivity contribution >= 4 is 17.6 Å². The van der Waals surface area contributed by atoms with E-state index in [1.54, 1.807) is 6.92 Å². The van der Waals surface area contributed by atoms with E-state index in [1.807, 2.05) is 6.07 Å². The number of hydrogen-bond acceptors (Lipinski definition) is 3. The summed E-state index contributed by atoms with van der Waals surface area (Å²) >= 11 is 5.53. The molecule has 0 spiro atoms. The molecule has 0 aromatic rings. The Morgan fingerprint density at radius 1 is 1.75 bits per heavy atom. The Labute approximate surface area is 77.3 Å². The van der Waals surface area contributed by atoms with Crippen molar-refractivity contribution < 1.29 is 9.53 Å². The minimum atomic E-state index is -0.279. The number of rotatable bonds is 5. The smallest absolute Gasteiger partial charge is 0.306 e. The molecular weight excluding hydrogens is 178 g/mol. The van der Waals surface area contributed by atoms with E-state index in [0.29, 0.717) is 18.9 Å². The van der Waals surface area contributed by atoms with Crippen molar-refractivity contribution in [3.63, 3.8) is 0 Å². The number of alkyl halides is 1. The number of carbonyl (C=O) groups excluding carboxylic acids is 1. The maximum absolute atomic E-state index is 10.9. The predicted molar refractivity (Wildman–Crippen MR) is 45.7 cm³/mol. The Hall–Kier alpha value is -0.750. The first-order valence-corrected chi connectivity index (χ1v) is 4.36. The number of carbonyl (C=O) groups is 1. The quantitative estimate of drug-likeness (QED) is 0.489. The molecule has 0 bridgehead atoms. The molecule has 1 unspecified atom stereocenters. The van der Waals surface area contributed by atoms with E-state index >= 15 is 0 Å². The average molecular weight is 190 g/mol. The minimum Gasteiger partial charge on any atom is -0.466 e. The summed E-state index contributed by atoms with van der Waals surface area (Å²) in [6, 6.07) is 1.97. The molecule has 0 aromatic heterocycles. The van der Waals surface area contributed by atoms with Gasteiger partial charge in [0.1, 0.15) is 0 Å². The standard InChI is InChI=1S/C8H12ClNO2/c1-2-12-8(11)5-7(6-9)3-4-10/h7H,2-3,5-6H2,1H3. The number of nitrogens with zero attached hydrogens (tertiary/aromatic N) is 1. The monoisotopic (exact) mass is 189 g/mol. The van der Waals surface area contributed by atoms with Gasteiger partial charge in [0.15, 0.2) is 0 Å². The van der Waals surface area contributed by atoms with Crippen molar-refractivity contribution in [2.45, 2.75) is 19.8 Å². The second-order valence-electron chi connectivity index (χ2n) is 2.39. The fourth-order valence-corrected chi connectivity index (χ4v) is 0.984. The molecule has 0 aromatic carbocycles. The van der Waals surface area contributed by atoms with E-state index in [1.165, 1.54) is 0 Å². The molecule has 12 heavy (non-hydrogen) atoms. The molecule has 0 saturated heterocycles. The highest BCUT2D eigenvalue weighted by Gasteiger charge is 2.12. The summed E-state index contributed by atoms with van der Waals surface area (Å²) in [4.78, 5) is 10.9. The molecule has 3 nitrogen and oxygen atoms in total. The molecule has 0 radical (unpaired) electrons. The molecule has 0 rings (SSSR count). The van der Waals surface area contributed by atoms with Gasteiger partial charge < -0.3 is 4.74 Å². The van der Waals surface area contributed by atoms with Gasteiger partial charge in [0.2, 0.25) is 0 Å². The third kappa shape index (κ3) is 4.97. The molecule has 0 amide bonds. The first-order chi connectivity index (χ1) is 5.74. The van der Waals surface area contributed by atoms with Crippen LogP contribution >= 0.6 is 11.6 Å². The molecule has 0 N–H and O–H groups in total. The zero-order valence-electron chi connectivity index (χ0n) is 7.05. The van der Waals surface area contributed by atoms with Gasteiger partial charge in [-0.2, -0.15) is 5.26 Å². The van der Waals surface area contributed by atoms with Gasteiger partial charge in [-0.1, -0.05) is 0 Å². The van der Waals surface area contributed by atoms with Crippen molar-refractivity contribution in [2.24, 2.45) is 5.92 Å². The molecule has 0 saturated carbocycles. The Morgan fingerprint density at radius 2 is 2.42 bits per heavy atom. The molecule has 0 aliphatic carbocycles. The van der Waals surface area contributed by atoms with Crippen LogP contribution in [0.3, 0.4) is 0 Å². The average Bonchev–Trinajstić information content (AvgIpc) is 2.04. The number of hydrogen-bond donors (Lipinski definition) is 0. The summed E-state index contributed by atoms with van der Waals surface area (Å²) in [6.45, 7) is 2.12. The highest BCUT2D eigenvalue weighted by Crippen LogP contribution is 2.10. The number of ether oxygens (including phenoxy) is 1. The van der Waals surface area contributed by atoms with Gasteiger partial charge in [-0.05, 0) is 12.8 Å². The van der Waals surface area contributed by atoms with E-state index < -0.39 is 0 Å². The summed E-state index contributed by atoms with van der Waals surface area (Å²) in [5.41, 5.74) is 0. The summed E-state index contributed by atoms with van der Waals surface area (Å²) in [7, 11) is 0. The topological polar surface area (TPSA) is 50.1 Å². The van der Waals surface area contributed by atoms with Crippen molar-refractivity contribution in [1.82, 2.24) is 0 Å². The van der Waals surface area contributed by atoms with E-state index in [2.05, 4.69) is 0 Å². The van der Waals surface area contributed by atoms with Crippen LogP contribution in [0.4, 0.5) is 0 Å². The van der Waals surface area contributed by atoms with Crippen molar-refractivity contribution in [1.29, 1.82) is 5.26 Å². The number of nitriles is 1. The number of esters is 1. The van der Waals surface area contributed by atoms with Crippen LogP contribution in [0.15, 0.2) is 0 Å². The summed E-state index contributed by atoms with van der Waals surface area (Å²) in [5, 5.41) is 8.35. The van der Waals surface area contributed by atoms with Crippen molar-refractivity contribution in [3.8, 4) is 6.07 Å². The lowest BCUT2D eigenvalue weighted by molar-refractivity contribution is -0.144. The Morgan fingerprint density at radius 3 is 2.83 bits per heavy atom. The lowest BCUT2D eigenvalue weighted by Crippen LogP contribution is -2.12. The van der Waals surface area contributed by atoms with Crippen molar-refractivity contribution in [3.05, 3.63) is 0 Å². The Balaban J connectivity index is 3.70. The Kier molecular flexibility index (Phi) is 6.50. The van der Waals surface area contributed by atoms with Gasteiger partial charge in [-0.3, -0.25) is 4.79 Å². The summed E-state index contributed by atoms with van der Waals surface area (Å²) < 4.78 is 4.71. The van der Waals surface area contributed by atoms with Crippen LogP contribution in [0.25, 0.3) is 0 Å². The molecule has 0 aliphatic rings. The van der Waals surface area contributed by atoms with Gasteiger partial charge in [-0.15, -0.1) is 11.6 Å². The molecule has 4 heteroatoms. The molecule has 68 valence electrons. The van der Waals surface area contributed by atoms with Gasteiger partial charge >= 0.3 is 5.97 Å². The summed E-state index contributed by atoms with van der Waals surface area (Å²) in [5.74, 6) is -0.0269. The fourth-order valence-electron chi connectivity index (χ4n) is 0.766. The second kappa shape index (κ2) is 6.93. The maximum atomic E-state index is 10.9. The van der Waals surface area contributed by atoms with Crippen LogP contribution in [-0.4, -0.2) is 18.5 Å². The van der Waals surface area contributed by atoms with Crippen LogP contribution < -0.4 is 0 Å². The lowest BCUT2D eigenvalue weighted by Gasteiger charge is -2.07. The van der Waals surface area contributed by atoms with Crippen LogP contribution in [0.2, 0.25) is 0 Å². The zero-order valence-corrected chi connectivity index (χ0v) is 7.80. The SMILES string of the molecule is CCOC(=O)CC(CCl)CC#N. The van der Waals surface area contributed by atoms with Crippen LogP contribution in [-0.2, 0) is 9.53 Å². The second-order valence-corrected chi connectivity index (χ2v) is 2.70. The highest BCUT2D eigenvalue weighted by atomic mass is 35.5. The fraction of sp³-hybridized carbons (Fsp3) is 0.750. The molecule has 0 aliphatic heterocycles.